The highest BCUT2D eigenvalue weighted by Crippen LogP contribution is 2.30. The third-order valence-electron chi connectivity index (χ3n) is 3.83. The van der Waals surface area contributed by atoms with Gasteiger partial charge >= 0.3 is 0 Å². The van der Waals surface area contributed by atoms with Gasteiger partial charge in [0.05, 0.1) is 16.4 Å². The SMILES string of the molecule is CC.CCc1ccc2c(c1)N=C(N)/C(=C(/C)N)N=C2c1cnccc1Cl. The Balaban J connectivity index is 0.00000117. The van der Waals surface area contributed by atoms with Crippen LogP contribution in [0.5, 0.6) is 0 Å². The molecule has 1 aliphatic heterocycles. The number of halogens is 1. The minimum atomic E-state index is 0.291. The summed E-state index contributed by atoms with van der Waals surface area (Å²) in [7, 11) is 0. The van der Waals surface area contributed by atoms with Crippen molar-refractivity contribution in [2.75, 3.05) is 0 Å². The van der Waals surface area contributed by atoms with E-state index in [2.05, 4.69) is 21.9 Å². The number of aromatic nitrogens is 1. The van der Waals surface area contributed by atoms with Crippen LogP contribution in [0.15, 0.2) is 58.0 Å². The molecule has 0 saturated carbocycles. The van der Waals surface area contributed by atoms with Crippen LogP contribution in [0.2, 0.25) is 5.02 Å². The summed E-state index contributed by atoms with van der Waals surface area (Å²) in [6, 6.07) is 7.78. The zero-order chi connectivity index (χ0) is 19.3. The van der Waals surface area contributed by atoms with Crippen LogP contribution in [0.4, 0.5) is 5.69 Å². The molecule has 0 atom stereocenters. The Labute approximate surface area is 159 Å². The Morgan fingerprint density at radius 3 is 2.46 bits per heavy atom. The summed E-state index contributed by atoms with van der Waals surface area (Å²) in [6.45, 7) is 7.84. The molecule has 136 valence electrons. The molecule has 0 amide bonds. The second-order valence-electron chi connectivity index (χ2n) is 5.55. The number of amidine groups is 1. The fraction of sp³-hybridized carbons (Fsp3) is 0.250. The van der Waals surface area contributed by atoms with Crippen LogP contribution in [0.25, 0.3) is 0 Å². The summed E-state index contributed by atoms with van der Waals surface area (Å²) in [5.74, 6) is 0.291. The standard InChI is InChI=1S/C18H18ClN5.C2H6/c1-3-11-4-5-12-15(8-11)23-18(21)16(10(2)20)24-17(12)13-9-22-7-6-14(13)19;1-2/h4-9H,3,20H2,1-2H3,(H2,21,23);1-2H3/b16-10+;. The maximum atomic E-state index is 6.36. The molecule has 0 radical (unpaired) electrons. The molecule has 1 aliphatic rings. The zero-order valence-corrected chi connectivity index (χ0v) is 16.3. The number of pyridine rings is 1. The van der Waals surface area contributed by atoms with E-state index in [1.165, 1.54) is 5.56 Å². The summed E-state index contributed by atoms with van der Waals surface area (Å²) < 4.78 is 0. The second kappa shape index (κ2) is 8.63. The van der Waals surface area contributed by atoms with Gasteiger partial charge in [-0.3, -0.25) is 4.98 Å². The van der Waals surface area contributed by atoms with Crippen LogP contribution < -0.4 is 11.5 Å². The number of hydrogen-bond donors (Lipinski definition) is 2. The highest BCUT2D eigenvalue weighted by molar-refractivity contribution is 6.36. The molecule has 0 saturated heterocycles. The van der Waals surface area contributed by atoms with Gasteiger partial charge in [-0.2, -0.15) is 0 Å². The van der Waals surface area contributed by atoms with E-state index in [4.69, 9.17) is 23.1 Å². The van der Waals surface area contributed by atoms with Gasteiger partial charge in [-0.05, 0) is 31.0 Å². The van der Waals surface area contributed by atoms with Gasteiger partial charge in [0.1, 0.15) is 5.70 Å². The van der Waals surface area contributed by atoms with Crippen LogP contribution in [0.1, 0.15) is 44.4 Å². The molecule has 0 fully saturated rings. The third kappa shape index (κ3) is 3.94. The first-order chi connectivity index (χ1) is 12.5. The van der Waals surface area contributed by atoms with Crippen molar-refractivity contribution in [1.29, 1.82) is 0 Å². The fourth-order valence-electron chi connectivity index (χ4n) is 2.55. The Kier molecular flexibility index (Phi) is 6.52. The average Bonchev–Trinajstić information content (AvgIpc) is 2.79. The molecule has 0 unspecified atom stereocenters. The predicted octanol–water partition coefficient (Wildman–Crippen LogP) is 4.35. The van der Waals surface area contributed by atoms with Gasteiger partial charge in [0, 0.05) is 29.2 Å². The maximum absolute atomic E-state index is 6.36. The van der Waals surface area contributed by atoms with E-state index in [1.54, 1.807) is 25.4 Å². The van der Waals surface area contributed by atoms with Crippen molar-refractivity contribution in [2.45, 2.75) is 34.1 Å². The fourth-order valence-corrected chi connectivity index (χ4v) is 2.74. The number of benzene rings is 1. The van der Waals surface area contributed by atoms with Crippen LogP contribution in [-0.4, -0.2) is 16.5 Å². The quantitative estimate of drug-likeness (QED) is 0.824. The Hall–Kier alpha value is -2.66. The number of hydrogen-bond acceptors (Lipinski definition) is 5. The topological polar surface area (TPSA) is 89.6 Å². The van der Waals surface area contributed by atoms with Gasteiger partial charge in [0.15, 0.2) is 5.84 Å². The lowest BCUT2D eigenvalue weighted by Crippen LogP contribution is -2.17. The van der Waals surface area contributed by atoms with Gasteiger partial charge in [-0.15, -0.1) is 0 Å². The molecule has 26 heavy (non-hydrogen) atoms. The molecule has 2 aromatic rings. The lowest BCUT2D eigenvalue weighted by molar-refractivity contribution is 1.14. The third-order valence-corrected chi connectivity index (χ3v) is 4.16. The van der Waals surface area contributed by atoms with Crippen molar-refractivity contribution in [2.24, 2.45) is 21.5 Å². The van der Waals surface area contributed by atoms with Crippen molar-refractivity contribution in [3.8, 4) is 0 Å². The number of aliphatic imine (C=N–C) groups is 2. The van der Waals surface area contributed by atoms with E-state index in [-0.39, 0.29) is 0 Å². The summed E-state index contributed by atoms with van der Waals surface area (Å²) in [5, 5.41) is 0.559. The Bertz CT molecular complexity index is 893. The number of allylic oxidation sites excluding steroid dienone is 1. The molecule has 6 heteroatoms. The first-order valence-corrected chi connectivity index (χ1v) is 9.01. The van der Waals surface area contributed by atoms with Crippen molar-refractivity contribution in [3.63, 3.8) is 0 Å². The van der Waals surface area contributed by atoms with Crippen molar-refractivity contribution in [1.82, 2.24) is 4.98 Å². The van der Waals surface area contributed by atoms with Gasteiger partial charge in [0.25, 0.3) is 0 Å². The highest BCUT2D eigenvalue weighted by atomic mass is 35.5. The summed E-state index contributed by atoms with van der Waals surface area (Å²) in [6.07, 6.45) is 4.23. The van der Waals surface area contributed by atoms with Crippen LogP contribution in [0.3, 0.4) is 0 Å². The Morgan fingerprint density at radius 2 is 1.85 bits per heavy atom. The lowest BCUT2D eigenvalue weighted by Gasteiger charge is -2.10. The molecule has 1 aromatic heterocycles. The maximum Gasteiger partial charge on any atom is 0.151 e. The van der Waals surface area contributed by atoms with Crippen molar-refractivity contribution < 1.29 is 0 Å². The normalized spacial score (nSPS) is 15.0. The molecular weight excluding hydrogens is 346 g/mol. The van der Waals surface area contributed by atoms with Gasteiger partial charge in [-0.1, -0.05) is 44.5 Å². The number of nitrogens with zero attached hydrogens (tertiary/aromatic N) is 3. The zero-order valence-electron chi connectivity index (χ0n) is 15.5. The Morgan fingerprint density at radius 1 is 1.12 bits per heavy atom. The summed E-state index contributed by atoms with van der Waals surface area (Å²) >= 11 is 6.36. The van der Waals surface area contributed by atoms with Crippen LogP contribution in [-0.2, 0) is 6.42 Å². The molecule has 2 heterocycles. The molecule has 0 bridgehead atoms. The minimum absolute atomic E-state index is 0.291. The number of fused-ring (bicyclic) bond motifs is 1. The predicted molar refractivity (Wildman–Crippen MR) is 110 cm³/mol. The van der Waals surface area contributed by atoms with Crippen molar-refractivity contribution >= 4 is 28.8 Å². The average molecular weight is 370 g/mol. The smallest absolute Gasteiger partial charge is 0.151 e. The number of rotatable bonds is 2. The van der Waals surface area contributed by atoms with Crippen LogP contribution >= 0.6 is 11.6 Å². The molecule has 3 rings (SSSR count). The molecule has 0 aliphatic carbocycles. The monoisotopic (exact) mass is 369 g/mol. The molecule has 4 N–H and O–H groups in total. The van der Waals surface area contributed by atoms with Crippen LogP contribution in [0, 0.1) is 0 Å². The van der Waals surface area contributed by atoms with E-state index in [0.717, 1.165) is 17.7 Å². The first kappa shape index (κ1) is 19.7. The first-order valence-electron chi connectivity index (χ1n) is 8.64. The molecule has 5 nitrogen and oxygen atoms in total. The number of nitrogens with two attached hydrogens (primary N) is 2. The van der Waals surface area contributed by atoms with Crippen molar-refractivity contribution in [3.05, 3.63) is 69.8 Å². The number of aryl methyl sites for hydroxylation is 1. The van der Waals surface area contributed by atoms with Gasteiger partial charge in [-0.25, -0.2) is 9.98 Å². The highest BCUT2D eigenvalue weighted by Gasteiger charge is 2.21. The molecular formula is C20H24ClN5. The summed E-state index contributed by atoms with van der Waals surface area (Å²) in [5.41, 5.74) is 17.2. The van der Waals surface area contributed by atoms with Gasteiger partial charge in [0.2, 0.25) is 0 Å². The molecule has 0 spiro atoms. The van der Waals surface area contributed by atoms with E-state index < -0.39 is 0 Å². The van der Waals surface area contributed by atoms with E-state index in [9.17, 15) is 0 Å². The van der Waals surface area contributed by atoms with E-state index in [1.807, 2.05) is 32.0 Å². The minimum Gasteiger partial charge on any atom is -0.400 e. The largest absolute Gasteiger partial charge is 0.400 e. The van der Waals surface area contributed by atoms with E-state index in [0.29, 0.717) is 33.5 Å². The molecule has 1 aromatic carbocycles. The summed E-state index contributed by atoms with van der Waals surface area (Å²) in [4.78, 5) is 13.4. The van der Waals surface area contributed by atoms with Gasteiger partial charge < -0.3 is 11.5 Å². The van der Waals surface area contributed by atoms with E-state index >= 15 is 0 Å². The lowest BCUT2D eigenvalue weighted by atomic mass is 9.99. The second-order valence-corrected chi connectivity index (χ2v) is 5.96.